The first-order valence-corrected chi connectivity index (χ1v) is 4.06. The fourth-order valence-corrected chi connectivity index (χ4v) is 2.22. The van der Waals surface area contributed by atoms with E-state index in [1.807, 2.05) is 6.92 Å². The summed E-state index contributed by atoms with van der Waals surface area (Å²) in [5, 5.41) is 0. The second kappa shape index (κ2) is 1.57. The topological polar surface area (TPSA) is 34.1 Å². The lowest BCUT2D eigenvalue weighted by atomic mass is 9.84. The molecule has 0 bridgehead atoms. The van der Waals surface area contributed by atoms with E-state index in [0.717, 1.165) is 0 Å². The third-order valence-electron chi connectivity index (χ3n) is 3.22. The molecule has 11 heavy (non-hydrogen) atoms. The predicted molar refractivity (Wildman–Crippen MR) is 39.9 cm³/mol. The molecule has 0 N–H and O–H groups in total. The smallest absolute Gasteiger partial charge is 0.149 e. The Morgan fingerprint density at radius 2 is 1.45 bits per heavy atom. The van der Waals surface area contributed by atoms with Gasteiger partial charge < -0.3 is 0 Å². The average molecular weight is 152 g/mol. The number of carbonyl (C=O) groups excluding carboxylic acids is 2. The van der Waals surface area contributed by atoms with Gasteiger partial charge in [-0.05, 0) is 19.8 Å². The summed E-state index contributed by atoms with van der Waals surface area (Å²) >= 11 is 0. The summed E-state index contributed by atoms with van der Waals surface area (Å²) in [6.45, 7) is 5.48. The zero-order chi connectivity index (χ0) is 8.39. The van der Waals surface area contributed by atoms with Gasteiger partial charge in [0.25, 0.3) is 0 Å². The lowest BCUT2D eigenvalue weighted by Gasteiger charge is -2.16. The van der Waals surface area contributed by atoms with Crippen LogP contribution in [0.3, 0.4) is 0 Å². The van der Waals surface area contributed by atoms with Crippen LogP contribution >= 0.6 is 0 Å². The summed E-state index contributed by atoms with van der Waals surface area (Å²) in [7, 11) is 0. The zero-order valence-corrected chi connectivity index (χ0v) is 7.05. The number of fused-ring (bicyclic) bond motifs is 1. The summed E-state index contributed by atoms with van der Waals surface area (Å²) in [6, 6.07) is 0. The Labute approximate surface area is 66.0 Å². The number of hydrogen-bond donors (Lipinski definition) is 0. The van der Waals surface area contributed by atoms with Gasteiger partial charge in [-0.25, -0.2) is 0 Å². The van der Waals surface area contributed by atoms with Crippen LogP contribution in [-0.4, -0.2) is 11.6 Å². The van der Waals surface area contributed by atoms with Gasteiger partial charge in [-0.2, -0.15) is 0 Å². The maximum atomic E-state index is 11.5. The monoisotopic (exact) mass is 152 g/mol. The Morgan fingerprint density at radius 3 is 1.73 bits per heavy atom. The second-order valence-electron chi connectivity index (χ2n) is 4.26. The van der Waals surface area contributed by atoms with Gasteiger partial charge in [-0.1, -0.05) is 6.92 Å². The molecule has 0 aromatic heterocycles. The number of rotatable bonds is 0. The predicted octanol–water partition coefficient (Wildman–Crippen LogP) is 1.05. The van der Waals surface area contributed by atoms with Crippen LogP contribution in [0.2, 0.25) is 0 Å². The van der Waals surface area contributed by atoms with Gasteiger partial charge in [0.2, 0.25) is 0 Å². The van der Waals surface area contributed by atoms with Crippen LogP contribution in [0.5, 0.6) is 0 Å². The van der Waals surface area contributed by atoms with Gasteiger partial charge in [0.15, 0.2) is 0 Å². The van der Waals surface area contributed by atoms with Crippen LogP contribution in [0.4, 0.5) is 0 Å². The molecule has 2 unspecified atom stereocenters. The minimum atomic E-state index is -0.665. The standard InChI is InChI=1S/C9H12O2/c1-4-5-6(4)8(11)9(2,3)7(5)10/h4-6H,1-3H3. The number of Topliss-reactive ketones (excluding diaryl/α,β-unsaturated/α-hetero) is 2. The summed E-state index contributed by atoms with van der Waals surface area (Å²) in [4.78, 5) is 22.9. The molecule has 2 aliphatic rings. The van der Waals surface area contributed by atoms with Crippen molar-refractivity contribution in [2.24, 2.45) is 23.2 Å². The molecule has 2 rings (SSSR count). The Kier molecular flexibility index (Phi) is 1.00. The zero-order valence-electron chi connectivity index (χ0n) is 7.05. The average Bonchev–Trinajstić information content (AvgIpc) is 2.52. The van der Waals surface area contributed by atoms with Crippen LogP contribution < -0.4 is 0 Å². The molecule has 0 aromatic carbocycles. The molecule has 0 aliphatic heterocycles. The first kappa shape index (κ1) is 7.01. The molecule has 0 saturated heterocycles. The molecule has 0 radical (unpaired) electrons. The molecular formula is C9H12O2. The van der Waals surface area contributed by atoms with Crippen LogP contribution in [0, 0.1) is 23.2 Å². The molecular weight excluding hydrogens is 140 g/mol. The molecule has 2 atom stereocenters. The van der Waals surface area contributed by atoms with Crippen molar-refractivity contribution in [2.75, 3.05) is 0 Å². The van der Waals surface area contributed by atoms with Crippen LogP contribution in [0.15, 0.2) is 0 Å². The van der Waals surface area contributed by atoms with E-state index in [-0.39, 0.29) is 23.4 Å². The van der Waals surface area contributed by atoms with Gasteiger partial charge in [0.1, 0.15) is 11.6 Å². The summed E-state index contributed by atoms with van der Waals surface area (Å²) < 4.78 is 0. The highest BCUT2D eigenvalue weighted by atomic mass is 16.2. The SMILES string of the molecule is CC1C2C(=O)C(C)(C)C(=O)C12. The molecule has 0 heterocycles. The summed E-state index contributed by atoms with van der Waals surface area (Å²) in [5.41, 5.74) is -0.665. The molecule has 0 aromatic rings. The minimum absolute atomic E-state index is 0.0810. The Hall–Kier alpha value is -0.660. The molecule has 2 fully saturated rings. The van der Waals surface area contributed by atoms with E-state index in [1.54, 1.807) is 13.8 Å². The van der Waals surface area contributed by atoms with E-state index in [0.29, 0.717) is 5.92 Å². The van der Waals surface area contributed by atoms with Crippen molar-refractivity contribution in [1.29, 1.82) is 0 Å². The second-order valence-corrected chi connectivity index (χ2v) is 4.26. The van der Waals surface area contributed by atoms with Crippen molar-refractivity contribution >= 4 is 11.6 Å². The van der Waals surface area contributed by atoms with Crippen molar-refractivity contribution < 1.29 is 9.59 Å². The summed E-state index contributed by atoms with van der Waals surface area (Å²) in [5.74, 6) is 0.832. The molecule has 2 nitrogen and oxygen atoms in total. The molecule has 2 heteroatoms. The van der Waals surface area contributed by atoms with Crippen molar-refractivity contribution in [2.45, 2.75) is 20.8 Å². The molecule has 2 aliphatic carbocycles. The highest BCUT2D eigenvalue weighted by molar-refractivity contribution is 6.18. The van der Waals surface area contributed by atoms with Crippen molar-refractivity contribution in [3.05, 3.63) is 0 Å². The first-order chi connectivity index (χ1) is 4.98. The van der Waals surface area contributed by atoms with Gasteiger partial charge in [0, 0.05) is 11.8 Å². The number of ketones is 2. The lowest BCUT2D eigenvalue weighted by molar-refractivity contribution is -0.136. The van der Waals surface area contributed by atoms with Crippen molar-refractivity contribution in [1.82, 2.24) is 0 Å². The third kappa shape index (κ3) is 0.585. The van der Waals surface area contributed by atoms with Crippen LogP contribution in [0.25, 0.3) is 0 Å². The van der Waals surface area contributed by atoms with Crippen LogP contribution in [0.1, 0.15) is 20.8 Å². The Bertz CT molecular complexity index is 228. The van der Waals surface area contributed by atoms with Gasteiger partial charge in [-0.3, -0.25) is 9.59 Å². The lowest BCUT2D eigenvalue weighted by Crippen LogP contribution is -2.30. The largest absolute Gasteiger partial charge is 0.298 e. The van der Waals surface area contributed by atoms with E-state index < -0.39 is 5.41 Å². The number of hydrogen-bond acceptors (Lipinski definition) is 2. The molecule has 0 amide bonds. The first-order valence-electron chi connectivity index (χ1n) is 4.06. The van der Waals surface area contributed by atoms with Crippen molar-refractivity contribution in [3.63, 3.8) is 0 Å². The molecule has 0 spiro atoms. The van der Waals surface area contributed by atoms with Gasteiger partial charge in [-0.15, -0.1) is 0 Å². The third-order valence-corrected chi connectivity index (χ3v) is 3.22. The normalized spacial score (nSPS) is 45.9. The molecule has 2 saturated carbocycles. The van der Waals surface area contributed by atoms with E-state index in [9.17, 15) is 9.59 Å². The fourth-order valence-electron chi connectivity index (χ4n) is 2.22. The maximum Gasteiger partial charge on any atom is 0.149 e. The van der Waals surface area contributed by atoms with Crippen LogP contribution in [-0.2, 0) is 9.59 Å². The highest BCUT2D eigenvalue weighted by Gasteiger charge is 2.68. The van der Waals surface area contributed by atoms with E-state index in [1.165, 1.54) is 0 Å². The fraction of sp³-hybridized carbons (Fsp3) is 0.778. The van der Waals surface area contributed by atoms with E-state index >= 15 is 0 Å². The van der Waals surface area contributed by atoms with Gasteiger partial charge >= 0.3 is 0 Å². The molecule has 60 valence electrons. The maximum absolute atomic E-state index is 11.5. The number of carbonyl (C=O) groups is 2. The van der Waals surface area contributed by atoms with E-state index in [4.69, 9.17) is 0 Å². The minimum Gasteiger partial charge on any atom is -0.298 e. The van der Waals surface area contributed by atoms with Gasteiger partial charge in [0.05, 0.1) is 5.41 Å². The Morgan fingerprint density at radius 1 is 1.09 bits per heavy atom. The summed E-state index contributed by atoms with van der Waals surface area (Å²) in [6.07, 6.45) is 0. The quantitative estimate of drug-likeness (QED) is 0.486. The van der Waals surface area contributed by atoms with E-state index in [2.05, 4.69) is 0 Å². The van der Waals surface area contributed by atoms with Crippen molar-refractivity contribution in [3.8, 4) is 0 Å². The highest BCUT2D eigenvalue weighted by Crippen LogP contribution is 2.58. The Balaban J connectivity index is 2.38.